The van der Waals surface area contributed by atoms with E-state index in [9.17, 15) is 0 Å². The van der Waals surface area contributed by atoms with Crippen molar-refractivity contribution in [1.82, 2.24) is 0 Å². The van der Waals surface area contributed by atoms with E-state index >= 15 is 0 Å². The molecule has 2 aliphatic carbocycles. The molecule has 2 aromatic carbocycles. The lowest BCUT2D eigenvalue weighted by Gasteiger charge is -2.29. The highest BCUT2D eigenvalue weighted by Gasteiger charge is 2.24. The van der Waals surface area contributed by atoms with Gasteiger partial charge in [0.25, 0.3) is 0 Å². The van der Waals surface area contributed by atoms with Crippen LogP contribution in [0.25, 0.3) is 22.4 Å². The lowest BCUT2D eigenvalue weighted by atomic mass is 9.75. The molecule has 0 heterocycles. The van der Waals surface area contributed by atoms with Gasteiger partial charge in [-0.15, -0.1) is 0 Å². The first-order chi connectivity index (χ1) is 10.3. The standard InChI is InChI=1S/C21H22/c1-3-14(4-2)18-12-10-17-9-8-15-6-5-7-16-11-13-19(18)21(17)20(15)16/h3,5-8,11,13,17H,4,9-10,12H2,1-2H3. The van der Waals surface area contributed by atoms with Crippen molar-refractivity contribution in [1.29, 1.82) is 0 Å². The molecule has 4 rings (SSSR count). The van der Waals surface area contributed by atoms with Gasteiger partial charge in [0.1, 0.15) is 0 Å². The second-order valence-corrected chi connectivity index (χ2v) is 6.29. The maximum Gasteiger partial charge on any atom is -0.00735 e. The molecule has 2 aliphatic rings. The van der Waals surface area contributed by atoms with Crippen LogP contribution < -0.4 is 10.4 Å². The Morgan fingerprint density at radius 2 is 2.14 bits per heavy atom. The lowest BCUT2D eigenvalue weighted by Crippen LogP contribution is -2.27. The molecule has 0 bridgehead atoms. The van der Waals surface area contributed by atoms with E-state index in [4.69, 9.17) is 0 Å². The van der Waals surface area contributed by atoms with Gasteiger partial charge in [-0.2, -0.15) is 0 Å². The van der Waals surface area contributed by atoms with Crippen LogP contribution in [0, 0.1) is 0 Å². The van der Waals surface area contributed by atoms with Crippen LogP contribution in [0.3, 0.4) is 0 Å². The van der Waals surface area contributed by atoms with E-state index in [-0.39, 0.29) is 0 Å². The maximum atomic E-state index is 2.45. The Balaban J connectivity index is 2.19. The molecule has 2 aromatic rings. The van der Waals surface area contributed by atoms with E-state index in [0.29, 0.717) is 0 Å². The highest BCUT2D eigenvalue weighted by atomic mass is 14.3. The SMILES string of the molecule is CC=C(CC)C1=c2ccc3cccc4c3c2C(CC=4)CC1. The summed E-state index contributed by atoms with van der Waals surface area (Å²) < 4.78 is 0. The quantitative estimate of drug-likeness (QED) is 0.761. The number of hydrogen-bond acceptors (Lipinski definition) is 0. The summed E-state index contributed by atoms with van der Waals surface area (Å²) in [5, 5.41) is 5.91. The molecule has 0 radical (unpaired) electrons. The zero-order chi connectivity index (χ0) is 14.4. The van der Waals surface area contributed by atoms with Gasteiger partial charge in [0.15, 0.2) is 0 Å². The molecule has 0 nitrogen and oxygen atoms in total. The Morgan fingerprint density at radius 3 is 2.95 bits per heavy atom. The molecule has 0 fully saturated rings. The zero-order valence-corrected chi connectivity index (χ0v) is 12.9. The molecule has 1 unspecified atom stereocenters. The number of rotatable bonds is 2. The third-order valence-electron chi connectivity index (χ3n) is 5.33. The van der Waals surface area contributed by atoms with Gasteiger partial charge >= 0.3 is 0 Å². The summed E-state index contributed by atoms with van der Waals surface area (Å²) in [5.41, 5.74) is 4.78. The fourth-order valence-electron chi connectivity index (χ4n) is 4.32. The molecule has 0 saturated heterocycles. The monoisotopic (exact) mass is 274 g/mol. The molecule has 0 N–H and O–H groups in total. The number of benzene rings is 2. The van der Waals surface area contributed by atoms with E-state index < -0.39 is 0 Å². The average molecular weight is 274 g/mol. The largest absolute Gasteiger partial charge is 0.0842 e. The molecular formula is C21H22. The summed E-state index contributed by atoms with van der Waals surface area (Å²) >= 11 is 0. The van der Waals surface area contributed by atoms with Crippen molar-refractivity contribution in [2.45, 2.75) is 45.4 Å². The van der Waals surface area contributed by atoms with E-state index in [0.717, 1.165) is 12.3 Å². The summed E-state index contributed by atoms with van der Waals surface area (Å²) in [7, 11) is 0. The Kier molecular flexibility index (Phi) is 2.99. The molecular weight excluding hydrogens is 252 g/mol. The molecule has 0 heteroatoms. The van der Waals surface area contributed by atoms with Gasteiger partial charge < -0.3 is 0 Å². The van der Waals surface area contributed by atoms with Gasteiger partial charge in [0.05, 0.1) is 0 Å². The van der Waals surface area contributed by atoms with Crippen molar-refractivity contribution >= 4 is 22.4 Å². The van der Waals surface area contributed by atoms with Crippen molar-refractivity contribution in [3.63, 3.8) is 0 Å². The smallest absolute Gasteiger partial charge is 0.00735 e. The van der Waals surface area contributed by atoms with Crippen LogP contribution in [-0.4, -0.2) is 0 Å². The summed E-state index contributed by atoms with van der Waals surface area (Å²) in [6.45, 7) is 4.46. The average Bonchev–Trinajstić information content (AvgIpc) is 2.55. The second-order valence-electron chi connectivity index (χ2n) is 6.29. The molecule has 0 amide bonds. The van der Waals surface area contributed by atoms with Gasteiger partial charge in [-0.25, -0.2) is 0 Å². The normalized spacial score (nSPS) is 20.6. The molecule has 0 aliphatic heterocycles. The molecule has 1 atom stereocenters. The first kappa shape index (κ1) is 12.9. The molecule has 0 aromatic heterocycles. The highest BCUT2D eigenvalue weighted by molar-refractivity contribution is 5.90. The summed E-state index contributed by atoms with van der Waals surface area (Å²) in [6.07, 6.45) is 9.67. The van der Waals surface area contributed by atoms with Crippen molar-refractivity contribution in [3.05, 3.63) is 58.0 Å². The minimum Gasteiger partial charge on any atom is -0.0842 e. The third-order valence-corrected chi connectivity index (χ3v) is 5.33. The first-order valence-electron chi connectivity index (χ1n) is 8.24. The summed E-state index contributed by atoms with van der Waals surface area (Å²) in [4.78, 5) is 0. The zero-order valence-electron chi connectivity index (χ0n) is 12.9. The lowest BCUT2D eigenvalue weighted by molar-refractivity contribution is 0.638. The van der Waals surface area contributed by atoms with Gasteiger partial charge in [-0.1, -0.05) is 49.4 Å². The highest BCUT2D eigenvalue weighted by Crippen LogP contribution is 2.37. The van der Waals surface area contributed by atoms with Crippen LogP contribution in [0.4, 0.5) is 0 Å². The predicted molar refractivity (Wildman–Crippen MR) is 91.7 cm³/mol. The van der Waals surface area contributed by atoms with Crippen molar-refractivity contribution in [3.8, 4) is 0 Å². The van der Waals surface area contributed by atoms with Crippen molar-refractivity contribution in [2.24, 2.45) is 0 Å². The van der Waals surface area contributed by atoms with E-state index in [1.807, 2.05) is 0 Å². The minimum absolute atomic E-state index is 0.734. The Morgan fingerprint density at radius 1 is 1.24 bits per heavy atom. The van der Waals surface area contributed by atoms with Crippen LogP contribution in [0.15, 0.2) is 42.0 Å². The maximum absolute atomic E-state index is 2.45. The first-order valence-corrected chi connectivity index (χ1v) is 8.24. The topological polar surface area (TPSA) is 0 Å². The Bertz CT molecular complexity index is 865. The van der Waals surface area contributed by atoms with Gasteiger partial charge in [-0.3, -0.25) is 0 Å². The van der Waals surface area contributed by atoms with Crippen LogP contribution in [0.1, 0.15) is 51.0 Å². The molecule has 106 valence electrons. The minimum atomic E-state index is 0.734. The number of hydrogen-bond donors (Lipinski definition) is 0. The Hall–Kier alpha value is -1.82. The Labute approximate surface area is 126 Å². The summed E-state index contributed by atoms with van der Waals surface area (Å²) in [6, 6.07) is 11.4. The van der Waals surface area contributed by atoms with Crippen LogP contribution >= 0.6 is 0 Å². The van der Waals surface area contributed by atoms with Crippen LogP contribution in [-0.2, 0) is 0 Å². The molecule has 0 spiro atoms. The third kappa shape index (κ3) is 1.82. The van der Waals surface area contributed by atoms with Gasteiger partial charge in [-0.05, 0) is 76.4 Å². The van der Waals surface area contributed by atoms with Crippen LogP contribution in [0.5, 0.6) is 0 Å². The summed E-state index contributed by atoms with van der Waals surface area (Å²) in [5.74, 6) is 0.734. The predicted octanol–water partition coefficient (Wildman–Crippen LogP) is 4.41. The van der Waals surface area contributed by atoms with Crippen LogP contribution in [0.2, 0.25) is 0 Å². The van der Waals surface area contributed by atoms with E-state index in [1.54, 1.807) is 11.1 Å². The number of allylic oxidation sites excluding steroid dienone is 2. The van der Waals surface area contributed by atoms with Gasteiger partial charge in [0, 0.05) is 0 Å². The van der Waals surface area contributed by atoms with E-state index in [2.05, 4.69) is 56.3 Å². The molecule has 0 saturated carbocycles. The molecule has 21 heavy (non-hydrogen) atoms. The van der Waals surface area contributed by atoms with E-state index in [1.165, 1.54) is 46.0 Å². The second kappa shape index (κ2) is 4.87. The fourth-order valence-corrected chi connectivity index (χ4v) is 4.32. The van der Waals surface area contributed by atoms with Crippen molar-refractivity contribution in [2.75, 3.05) is 0 Å². The van der Waals surface area contributed by atoms with Crippen molar-refractivity contribution < 1.29 is 0 Å². The fraction of sp³-hybridized carbons (Fsp3) is 0.333. The van der Waals surface area contributed by atoms with Gasteiger partial charge in [0.2, 0.25) is 0 Å².